The Labute approximate surface area is 359 Å². The normalized spacial score (nSPS) is 13.4. The monoisotopic (exact) mass is 788 g/mol. The lowest BCUT2D eigenvalue weighted by Gasteiger charge is -2.32. The lowest BCUT2D eigenvalue weighted by molar-refractivity contribution is 0.478. The number of benzene rings is 10. The Morgan fingerprint density at radius 1 is 0.387 bits per heavy atom. The fraction of sp³-hybridized carbons (Fsp3) is 0.0169. The van der Waals surface area contributed by atoms with Crippen LogP contribution in [0.2, 0.25) is 0 Å². The zero-order valence-electron chi connectivity index (χ0n) is 33.6. The largest absolute Gasteiger partial charge is 0.452 e. The number of para-hydroxylation sites is 3. The smallest absolute Gasteiger partial charge is 0.159 e. The summed E-state index contributed by atoms with van der Waals surface area (Å²) < 4.78 is 9.23. The number of hydrogen-bond acceptors (Lipinski definition) is 2. The first-order chi connectivity index (χ1) is 30.8. The van der Waals surface area contributed by atoms with Crippen molar-refractivity contribution < 1.29 is 4.74 Å². The summed E-state index contributed by atoms with van der Waals surface area (Å²) in [6.07, 6.45) is 0. The highest BCUT2D eigenvalue weighted by atomic mass is 16.5. The first-order valence-electron chi connectivity index (χ1n) is 21.4. The summed E-state index contributed by atoms with van der Waals surface area (Å²) in [7, 11) is 0. The van der Waals surface area contributed by atoms with Gasteiger partial charge < -0.3 is 14.2 Å². The standard InChI is InChI=1S/C59H36N2O/c1-2-14-39-35-41(32-27-37(39)13-1)60(42-33-34-47-46-17-5-9-23-52(46)59(53(47)36-42)50-21-7-3-15-44(50)45-16-4-8-22-51(45)59)40-30-28-38(29-31-40)43-19-11-25-55-58(43)62-56-26-12-20-49-48-18-6-10-24-54(48)61(55)57(49)56/h1-36H. The highest BCUT2D eigenvalue weighted by molar-refractivity contribution is 6.12. The van der Waals surface area contributed by atoms with Crippen molar-refractivity contribution in [1.82, 2.24) is 4.57 Å². The van der Waals surface area contributed by atoms with E-state index in [0.717, 1.165) is 50.9 Å². The van der Waals surface area contributed by atoms with Gasteiger partial charge in [-0.1, -0.05) is 164 Å². The summed E-state index contributed by atoms with van der Waals surface area (Å²) in [5.74, 6) is 1.75. The Morgan fingerprint density at radius 3 is 1.71 bits per heavy atom. The number of hydrogen-bond donors (Lipinski definition) is 0. The number of rotatable bonds is 4. The molecule has 10 aromatic carbocycles. The van der Waals surface area contributed by atoms with Gasteiger partial charge >= 0.3 is 0 Å². The number of fused-ring (bicyclic) bond motifs is 16. The molecular weight excluding hydrogens is 753 g/mol. The maximum atomic E-state index is 6.86. The molecule has 1 aliphatic heterocycles. The third-order valence-electron chi connectivity index (χ3n) is 13.8. The number of aromatic nitrogens is 1. The van der Waals surface area contributed by atoms with E-state index in [-0.39, 0.29) is 0 Å². The molecule has 3 aliphatic rings. The van der Waals surface area contributed by atoms with Gasteiger partial charge in [-0.15, -0.1) is 0 Å². The van der Waals surface area contributed by atoms with Gasteiger partial charge in [0, 0.05) is 33.4 Å². The lowest BCUT2D eigenvalue weighted by Crippen LogP contribution is -2.26. The van der Waals surface area contributed by atoms with E-state index in [1.54, 1.807) is 0 Å². The Kier molecular flexibility index (Phi) is 6.76. The van der Waals surface area contributed by atoms with Crippen molar-refractivity contribution in [3.63, 3.8) is 0 Å². The molecule has 0 fully saturated rings. The van der Waals surface area contributed by atoms with Gasteiger partial charge in [-0.2, -0.15) is 0 Å². The molecule has 2 heterocycles. The minimum atomic E-state index is -0.435. The van der Waals surface area contributed by atoms with Crippen LogP contribution in [-0.2, 0) is 5.41 Å². The second kappa shape index (κ2) is 12.4. The second-order valence-corrected chi connectivity index (χ2v) is 16.8. The molecule has 14 rings (SSSR count). The molecule has 62 heavy (non-hydrogen) atoms. The quantitative estimate of drug-likeness (QED) is 0.177. The van der Waals surface area contributed by atoms with Crippen LogP contribution in [0.15, 0.2) is 218 Å². The molecule has 11 aromatic rings. The van der Waals surface area contributed by atoms with Crippen molar-refractivity contribution in [3.8, 4) is 50.6 Å². The van der Waals surface area contributed by atoms with E-state index < -0.39 is 5.41 Å². The molecule has 1 spiro atoms. The molecule has 0 radical (unpaired) electrons. The number of ether oxygens (including phenoxy) is 1. The Morgan fingerprint density at radius 2 is 0.952 bits per heavy atom. The van der Waals surface area contributed by atoms with E-state index in [9.17, 15) is 0 Å². The van der Waals surface area contributed by atoms with Crippen LogP contribution >= 0.6 is 0 Å². The molecule has 0 bridgehead atoms. The van der Waals surface area contributed by atoms with E-state index in [1.807, 2.05) is 0 Å². The molecule has 3 heteroatoms. The molecular formula is C59H36N2O. The average molecular weight is 789 g/mol. The summed E-state index contributed by atoms with van der Waals surface area (Å²) in [4.78, 5) is 2.43. The third kappa shape index (κ3) is 4.39. The van der Waals surface area contributed by atoms with Gasteiger partial charge in [-0.05, 0) is 115 Å². The summed E-state index contributed by atoms with van der Waals surface area (Å²) in [6.45, 7) is 0. The summed E-state index contributed by atoms with van der Waals surface area (Å²) in [5, 5.41) is 4.86. The fourth-order valence-electron chi connectivity index (χ4n) is 11.2. The van der Waals surface area contributed by atoms with Crippen molar-refractivity contribution in [2.45, 2.75) is 5.41 Å². The van der Waals surface area contributed by atoms with E-state index in [0.29, 0.717) is 0 Å². The van der Waals surface area contributed by atoms with Crippen LogP contribution in [0.5, 0.6) is 11.5 Å². The highest BCUT2D eigenvalue weighted by Gasteiger charge is 2.51. The van der Waals surface area contributed by atoms with Crippen LogP contribution < -0.4 is 9.64 Å². The number of anilines is 3. The zero-order valence-corrected chi connectivity index (χ0v) is 33.6. The second-order valence-electron chi connectivity index (χ2n) is 16.8. The minimum absolute atomic E-state index is 0.435. The molecule has 0 saturated heterocycles. The molecule has 1 aromatic heterocycles. The maximum absolute atomic E-state index is 6.86. The van der Waals surface area contributed by atoms with Crippen LogP contribution in [0.25, 0.3) is 71.6 Å². The van der Waals surface area contributed by atoms with Crippen molar-refractivity contribution >= 4 is 49.6 Å². The van der Waals surface area contributed by atoms with Crippen molar-refractivity contribution in [2.75, 3.05) is 4.90 Å². The fourth-order valence-corrected chi connectivity index (χ4v) is 11.2. The summed E-state index contributed by atoms with van der Waals surface area (Å²) in [6, 6.07) is 80.2. The molecule has 2 aliphatic carbocycles. The van der Waals surface area contributed by atoms with Crippen molar-refractivity contribution in [1.29, 1.82) is 0 Å². The molecule has 0 unspecified atom stereocenters. The van der Waals surface area contributed by atoms with Gasteiger partial charge in [-0.3, -0.25) is 0 Å². The van der Waals surface area contributed by atoms with Crippen molar-refractivity contribution in [2.24, 2.45) is 0 Å². The van der Waals surface area contributed by atoms with Gasteiger partial charge in [0.05, 0.1) is 22.1 Å². The summed E-state index contributed by atoms with van der Waals surface area (Å²) in [5.41, 5.74) is 18.9. The Balaban J connectivity index is 0.952. The SMILES string of the molecule is c1ccc2c(c1)-c1ccccc1C21c2ccccc2-c2ccc(N(c3ccc(-c4cccc5c4Oc4cccc6c7ccccc7n-5c46)cc3)c3ccc4ccccc4c3)cc21. The maximum Gasteiger partial charge on any atom is 0.159 e. The molecule has 0 saturated carbocycles. The van der Waals surface area contributed by atoms with Gasteiger partial charge in [0.2, 0.25) is 0 Å². The minimum Gasteiger partial charge on any atom is -0.452 e. The van der Waals surface area contributed by atoms with Gasteiger partial charge in [0.1, 0.15) is 0 Å². The predicted octanol–water partition coefficient (Wildman–Crippen LogP) is 15.5. The van der Waals surface area contributed by atoms with Gasteiger partial charge in [-0.25, -0.2) is 0 Å². The van der Waals surface area contributed by atoms with Crippen LogP contribution in [0.1, 0.15) is 22.3 Å². The van der Waals surface area contributed by atoms with E-state index >= 15 is 0 Å². The molecule has 0 atom stereocenters. The number of nitrogens with zero attached hydrogens (tertiary/aromatic N) is 2. The topological polar surface area (TPSA) is 17.4 Å². The van der Waals surface area contributed by atoms with E-state index in [4.69, 9.17) is 4.74 Å². The highest BCUT2D eigenvalue weighted by Crippen LogP contribution is 2.63. The molecule has 0 amide bonds. The van der Waals surface area contributed by atoms with Crippen LogP contribution in [0.3, 0.4) is 0 Å². The van der Waals surface area contributed by atoms with Gasteiger partial charge in [0.25, 0.3) is 0 Å². The zero-order chi connectivity index (χ0) is 40.5. The first kappa shape index (κ1) is 33.7. The third-order valence-corrected chi connectivity index (χ3v) is 13.8. The Hall–Kier alpha value is -8.14. The van der Waals surface area contributed by atoms with Crippen molar-refractivity contribution in [3.05, 3.63) is 241 Å². The van der Waals surface area contributed by atoms with Crippen LogP contribution in [-0.4, -0.2) is 4.57 Å². The predicted molar refractivity (Wildman–Crippen MR) is 255 cm³/mol. The Bertz CT molecular complexity index is 3620. The van der Waals surface area contributed by atoms with E-state index in [1.165, 1.54) is 71.6 Å². The molecule has 3 nitrogen and oxygen atoms in total. The molecule has 0 N–H and O–H groups in total. The van der Waals surface area contributed by atoms with E-state index in [2.05, 4.69) is 228 Å². The summed E-state index contributed by atoms with van der Waals surface area (Å²) >= 11 is 0. The van der Waals surface area contributed by atoms with Crippen LogP contribution in [0.4, 0.5) is 17.1 Å². The van der Waals surface area contributed by atoms with Crippen LogP contribution in [0, 0.1) is 0 Å². The van der Waals surface area contributed by atoms with Gasteiger partial charge in [0.15, 0.2) is 11.5 Å². The molecule has 288 valence electrons. The first-order valence-corrected chi connectivity index (χ1v) is 21.4. The average Bonchev–Trinajstić information content (AvgIpc) is 3.95. The lowest BCUT2D eigenvalue weighted by atomic mass is 9.70.